The van der Waals surface area contributed by atoms with E-state index in [1.54, 1.807) is 0 Å². The molecule has 2 aliphatic heterocycles. The van der Waals surface area contributed by atoms with Gasteiger partial charge in [-0.1, -0.05) is 30.5 Å². The van der Waals surface area contributed by atoms with Gasteiger partial charge in [0, 0.05) is 38.3 Å². The first-order chi connectivity index (χ1) is 12.6. The van der Waals surface area contributed by atoms with Crippen molar-refractivity contribution in [2.45, 2.75) is 32.6 Å². The molecule has 27 heavy (non-hydrogen) atoms. The molecule has 1 N–H and O–H groups in total. The van der Waals surface area contributed by atoms with Gasteiger partial charge in [0.1, 0.15) is 0 Å². The summed E-state index contributed by atoms with van der Waals surface area (Å²) in [6.07, 6.45) is 4.60. The highest BCUT2D eigenvalue weighted by molar-refractivity contribution is 5.94. The van der Waals surface area contributed by atoms with Crippen molar-refractivity contribution in [3.63, 3.8) is 0 Å². The number of rotatable bonds is 2. The molecule has 0 bridgehead atoms. The second-order valence-electron chi connectivity index (χ2n) is 8.18. The van der Waals surface area contributed by atoms with E-state index in [4.69, 9.17) is 0 Å². The minimum absolute atomic E-state index is 0. The van der Waals surface area contributed by atoms with Gasteiger partial charge in [0.2, 0.25) is 5.91 Å². The van der Waals surface area contributed by atoms with Crippen molar-refractivity contribution >= 4 is 24.2 Å². The zero-order valence-corrected chi connectivity index (χ0v) is 16.9. The second-order valence-corrected chi connectivity index (χ2v) is 8.18. The molecule has 5 nitrogen and oxygen atoms in total. The van der Waals surface area contributed by atoms with Gasteiger partial charge in [0.25, 0.3) is 5.91 Å². The third-order valence-electron chi connectivity index (χ3n) is 6.62. The van der Waals surface area contributed by atoms with Gasteiger partial charge in [-0.15, -0.1) is 12.4 Å². The van der Waals surface area contributed by atoms with E-state index in [0.717, 1.165) is 37.1 Å². The molecular weight excluding hydrogens is 362 g/mol. The van der Waals surface area contributed by atoms with E-state index in [1.165, 1.54) is 12.8 Å². The summed E-state index contributed by atoms with van der Waals surface area (Å²) in [7, 11) is 0. The number of carbonyl (C=O) groups is 2. The lowest BCUT2D eigenvalue weighted by Crippen LogP contribution is -2.56. The minimum atomic E-state index is -0.179. The Morgan fingerprint density at radius 1 is 1.04 bits per heavy atom. The van der Waals surface area contributed by atoms with Crippen molar-refractivity contribution in [1.82, 2.24) is 15.1 Å². The molecule has 1 aromatic rings. The van der Waals surface area contributed by atoms with Crippen molar-refractivity contribution in [3.8, 4) is 0 Å². The van der Waals surface area contributed by atoms with Crippen LogP contribution in [0, 0.1) is 18.3 Å². The number of nitrogens with zero attached hydrogens (tertiary/aromatic N) is 2. The molecule has 3 aliphatic rings. The number of carbonyl (C=O) groups excluding carboxylic acids is 2. The van der Waals surface area contributed by atoms with Crippen molar-refractivity contribution < 1.29 is 9.59 Å². The molecule has 6 heteroatoms. The number of halogens is 1. The molecule has 1 saturated carbocycles. The van der Waals surface area contributed by atoms with Crippen LogP contribution in [0.3, 0.4) is 0 Å². The Bertz CT molecular complexity index is 685. The number of hydrogen-bond acceptors (Lipinski definition) is 3. The molecule has 0 radical (unpaired) electrons. The van der Waals surface area contributed by atoms with Gasteiger partial charge in [-0.25, -0.2) is 0 Å². The summed E-state index contributed by atoms with van der Waals surface area (Å²) in [6, 6.07) is 7.74. The van der Waals surface area contributed by atoms with E-state index in [2.05, 4.69) is 5.32 Å². The molecule has 148 valence electrons. The molecule has 1 aliphatic carbocycles. The van der Waals surface area contributed by atoms with Gasteiger partial charge in [0.15, 0.2) is 0 Å². The zero-order valence-electron chi connectivity index (χ0n) is 16.1. The molecule has 0 spiro atoms. The molecule has 0 unspecified atom stereocenters. The van der Waals surface area contributed by atoms with Gasteiger partial charge in [-0.2, -0.15) is 0 Å². The molecule has 2 amide bonds. The maximum absolute atomic E-state index is 13.3. The highest BCUT2D eigenvalue weighted by Crippen LogP contribution is 2.45. The van der Waals surface area contributed by atoms with E-state index in [9.17, 15) is 9.59 Å². The fraction of sp³-hybridized carbons (Fsp3) is 0.619. The number of hydrogen-bond donors (Lipinski definition) is 1. The summed E-state index contributed by atoms with van der Waals surface area (Å²) >= 11 is 0. The van der Waals surface area contributed by atoms with E-state index < -0.39 is 0 Å². The lowest BCUT2D eigenvalue weighted by Gasteiger charge is -2.43. The highest BCUT2D eigenvalue weighted by Gasteiger charge is 2.51. The Morgan fingerprint density at radius 3 is 2.41 bits per heavy atom. The van der Waals surface area contributed by atoms with Crippen LogP contribution in [0.2, 0.25) is 0 Å². The molecule has 3 fully saturated rings. The summed E-state index contributed by atoms with van der Waals surface area (Å²) in [5.74, 6) is 0.902. The van der Waals surface area contributed by atoms with Crippen LogP contribution < -0.4 is 5.32 Å². The standard InChI is InChI=1S/C21H29N3O2.ClH/c1-16-5-7-17(8-6-16)19(25)23-10-12-24(13-11-23)20(26)21-9-3-2-4-18(21)14-22-15-21;/h5-8,18,22H,2-4,9-15H2,1H3;1H/t18-,21+;/m0./s1. The van der Waals surface area contributed by atoms with Gasteiger partial charge < -0.3 is 15.1 Å². The SMILES string of the molecule is Cc1ccc(C(=O)N2CCN(C(=O)[C@@]34CCCC[C@H]3CNC4)CC2)cc1.Cl. The van der Waals surface area contributed by atoms with Crippen LogP contribution in [0.1, 0.15) is 41.6 Å². The number of nitrogens with one attached hydrogen (secondary N) is 1. The summed E-state index contributed by atoms with van der Waals surface area (Å²) in [5, 5.41) is 3.47. The third kappa shape index (κ3) is 3.72. The molecule has 1 aromatic carbocycles. The summed E-state index contributed by atoms with van der Waals surface area (Å²) < 4.78 is 0. The van der Waals surface area contributed by atoms with Crippen molar-refractivity contribution in [2.24, 2.45) is 11.3 Å². The fourth-order valence-corrected chi connectivity index (χ4v) is 4.97. The first-order valence-corrected chi connectivity index (χ1v) is 9.96. The van der Waals surface area contributed by atoms with Crippen molar-refractivity contribution in [2.75, 3.05) is 39.3 Å². The quantitative estimate of drug-likeness (QED) is 0.842. The summed E-state index contributed by atoms with van der Waals surface area (Å²) in [5.41, 5.74) is 1.71. The van der Waals surface area contributed by atoms with Crippen LogP contribution in [0.4, 0.5) is 0 Å². The number of fused-ring (bicyclic) bond motifs is 1. The summed E-state index contributed by atoms with van der Waals surface area (Å²) in [4.78, 5) is 29.9. The Labute approximate surface area is 167 Å². The second kappa shape index (κ2) is 8.19. The lowest BCUT2D eigenvalue weighted by molar-refractivity contribution is -0.146. The lowest BCUT2D eigenvalue weighted by atomic mass is 9.67. The molecular formula is C21H30ClN3O2. The fourth-order valence-electron chi connectivity index (χ4n) is 4.97. The Balaban J connectivity index is 0.00000210. The van der Waals surface area contributed by atoms with Crippen molar-refractivity contribution in [3.05, 3.63) is 35.4 Å². The number of benzene rings is 1. The predicted octanol–water partition coefficient (Wildman–Crippen LogP) is 2.48. The molecule has 4 rings (SSSR count). The van der Waals surface area contributed by atoms with Gasteiger partial charge in [-0.05, 0) is 44.4 Å². The predicted molar refractivity (Wildman–Crippen MR) is 108 cm³/mol. The van der Waals surface area contributed by atoms with Gasteiger partial charge >= 0.3 is 0 Å². The largest absolute Gasteiger partial charge is 0.339 e. The Kier molecular flexibility index (Phi) is 6.11. The monoisotopic (exact) mass is 391 g/mol. The van der Waals surface area contributed by atoms with Crippen LogP contribution in [0.5, 0.6) is 0 Å². The smallest absolute Gasteiger partial charge is 0.253 e. The van der Waals surface area contributed by atoms with E-state index in [0.29, 0.717) is 38.0 Å². The van der Waals surface area contributed by atoms with E-state index in [-0.39, 0.29) is 23.7 Å². The maximum Gasteiger partial charge on any atom is 0.253 e. The average molecular weight is 392 g/mol. The molecule has 0 aromatic heterocycles. The van der Waals surface area contributed by atoms with Crippen molar-refractivity contribution in [1.29, 1.82) is 0 Å². The van der Waals surface area contributed by atoms with Crippen LogP contribution in [0.25, 0.3) is 0 Å². The maximum atomic E-state index is 13.3. The molecule has 2 atom stereocenters. The third-order valence-corrected chi connectivity index (χ3v) is 6.62. The van der Waals surface area contributed by atoms with Crippen LogP contribution in [-0.2, 0) is 4.79 Å². The van der Waals surface area contributed by atoms with Gasteiger partial charge in [0.05, 0.1) is 5.41 Å². The zero-order chi connectivity index (χ0) is 18.1. The van der Waals surface area contributed by atoms with Crippen LogP contribution in [0.15, 0.2) is 24.3 Å². The first-order valence-electron chi connectivity index (χ1n) is 9.96. The number of piperazine rings is 1. The normalized spacial score (nSPS) is 27.7. The Hall–Kier alpha value is -1.59. The molecule has 2 heterocycles. The first kappa shape index (κ1) is 20.2. The Morgan fingerprint density at radius 2 is 1.70 bits per heavy atom. The number of aryl methyl sites for hydroxylation is 1. The van der Waals surface area contributed by atoms with Crippen LogP contribution in [-0.4, -0.2) is 60.9 Å². The summed E-state index contributed by atoms with van der Waals surface area (Å²) in [6.45, 7) is 6.42. The van der Waals surface area contributed by atoms with E-state index in [1.807, 2.05) is 41.0 Å². The topological polar surface area (TPSA) is 52.7 Å². The number of amides is 2. The minimum Gasteiger partial charge on any atom is -0.339 e. The van der Waals surface area contributed by atoms with E-state index >= 15 is 0 Å². The molecule has 2 saturated heterocycles. The highest BCUT2D eigenvalue weighted by atomic mass is 35.5. The average Bonchev–Trinajstić information content (AvgIpc) is 3.13. The van der Waals surface area contributed by atoms with Gasteiger partial charge in [-0.3, -0.25) is 9.59 Å². The van der Waals surface area contributed by atoms with Crippen LogP contribution >= 0.6 is 12.4 Å².